The molecule has 14 heavy (non-hydrogen) atoms. The lowest BCUT2D eigenvalue weighted by Gasteiger charge is -2.06. The highest BCUT2D eigenvalue weighted by Gasteiger charge is 1.99. The van der Waals surface area contributed by atoms with Crippen molar-refractivity contribution in [3.8, 4) is 0 Å². The van der Waals surface area contributed by atoms with Crippen LogP contribution in [-0.2, 0) is 11.2 Å². The van der Waals surface area contributed by atoms with Crippen LogP contribution in [0, 0.1) is 6.92 Å². The van der Waals surface area contributed by atoms with Gasteiger partial charge in [-0.25, -0.2) is 0 Å². The topological polar surface area (TPSA) is 29.1 Å². The summed E-state index contributed by atoms with van der Waals surface area (Å²) in [5.74, 6) is 0.0256. The number of rotatable bonds is 3. The highest BCUT2D eigenvalue weighted by molar-refractivity contribution is 9.10. The van der Waals surface area contributed by atoms with Crippen LogP contribution in [0.15, 0.2) is 22.7 Å². The lowest BCUT2D eigenvalue weighted by molar-refractivity contribution is -0.118. The summed E-state index contributed by atoms with van der Waals surface area (Å²) in [6.07, 6.45) is 0.880. The molecule has 0 heterocycles. The normalized spacial score (nSPS) is 9.93. The van der Waals surface area contributed by atoms with Crippen LogP contribution in [0.1, 0.15) is 18.1 Å². The lowest BCUT2D eigenvalue weighted by atomic mass is 10.1. The summed E-state index contributed by atoms with van der Waals surface area (Å²) < 4.78 is 1.08. The Morgan fingerprint density at radius 3 is 2.86 bits per heavy atom. The minimum absolute atomic E-state index is 0.0256. The molecule has 1 rings (SSSR count). The van der Waals surface area contributed by atoms with E-state index in [4.69, 9.17) is 0 Å². The Morgan fingerprint density at radius 2 is 2.21 bits per heavy atom. The predicted octanol–water partition coefficient (Wildman–Crippen LogP) is 2.44. The Hall–Kier alpha value is -0.830. The highest BCUT2D eigenvalue weighted by Crippen LogP contribution is 2.16. The third-order valence-corrected chi connectivity index (χ3v) is 2.57. The molecule has 0 aromatic heterocycles. The summed E-state index contributed by atoms with van der Waals surface area (Å²) >= 11 is 3.43. The molecule has 0 aliphatic heterocycles. The van der Waals surface area contributed by atoms with Crippen LogP contribution in [0.2, 0.25) is 0 Å². The summed E-state index contributed by atoms with van der Waals surface area (Å²) in [7, 11) is 0. The first kappa shape index (κ1) is 11.2. The van der Waals surface area contributed by atoms with Crippen LogP contribution in [0.3, 0.4) is 0 Å². The van der Waals surface area contributed by atoms with E-state index in [2.05, 4.69) is 40.3 Å². The zero-order chi connectivity index (χ0) is 10.6. The van der Waals surface area contributed by atoms with E-state index in [0.29, 0.717) is 6.54 Å². The Bertz CT molecular complexity index is 336. The van der Waals surface area contributed by atoms with E-state index >= 15 is 0 Å². The maximum Gasteiger partial charge on any atom is 0.216 e. The van der Waals surface area contributed by atoms with Gasteiger partial charge in [-0.1, -0.05) is 22.0 Å². The number of benzene rings is 1. The van der Waals surface area contributed by atoms with Crippen LogP contribution in [-0.4, -0.2) is 12.5 Å². The second kappa shape index (κ2) is 5.15. The van der Waals surface area contributed by atoms with Gasteiger partial charge in [0.1, 0.15) is 0 Å². The summed E-state index contributed by atoms with van der Waals surface area (Å²) in [6.45, 7) is 4.32. The number of hydrogen-bond donors (Lipinski definition) is 1. The quantitative estimate of drug-likeness (QED) is 0.884. The van der Waals surface area contributed by atoms with Crippen molar-refractivity contribution >= 4 is 21.8 Å². The van der Waals surface area contributed by atoms with Gasteiger partial charge in [0.05, 0.1) is 0 Å². The molecule has 0 atom stereocenters. The highest BCUT2D eigenvalue weighted by atomic mass is 79.9. The van der Waals surface area contributed by atoms with Gasteiger partial charge in [-0.05, 0) is 36.6 Å². The number of hydrogen-bond acceptors (Lipinski definition) is 1. The van der Waals surface area contributed by atoms with E-state index in [9.17, 15) is 4.79 Å². The van der Waals surface area contributed by atoms with E-state index < -0.39 is 0 Å². The number of nitrogens with one attached hydrogen (secondary N) is 1. The number of halogens is 1. The molecule has 76 valence electrons. The fraction of sp³-hybridized carbons (Fsp3) is 0.364. The van der Waals surface area contributed by atoms with Crippen LogP contribution in [0.4, 0.5) is 0 Å². The van der Waals surface area contributed by atoms with Gasteiger partial charge < -0.3 is 5.32 Å². The second-order valence-corrected chi connectivity index (χ2v) is 4.22. The fourth-order valence-electron chi connectivity index (χ4n) is 1.28. The minimum atomic E-state index is 0.0256. The standard InChI is InChI=1S/C11H14BrNO/c1-8-3-4-11(12)7-10(8)5-6-13-9(2)14/h3-4,7H,5-6H2,1-2H3,(H,13,14). The summed E-state index contributed by atoms with van der Waals surface area (Å²) in [6, 6.07) is 6.20. The molecular weight excluding hydrogens is 242 g/mol. The Kier molecular flexibility index (Phi) is 4.14. The van der Waals surface area contributed by atoms with Crippen molar-refractivity contribution in [2.24, 2.45) is 0 Å². The first-order valence-electron chi connectivity index (χ1n) is 4.59. The van der Waals surface area contributed by atoms with Crippen molar-refractivity contribution in [2.75, 3.05) is 6.54 Å². The molecule has 0 aliphatic rings. The van der Waals surface area contributed by atoms with Gasteiger partial charge in [-0.3, -0.25) is 4.79 Å². The lowest BCUT2D eigenvalue weighted by Crippen LogP contribution is -2.22. The van der Waals surface area contributed by atoms with E-state index in [1.54, 1.807) is 0 Å². The smallest absolute Gasteiger partial charge is 0.216 e. The minimum Gasteiger partial charge on any atom is -0.356 e. The van der Waals surface area contributed by atoms with Crippen molar-refractivity contribution in [3.63, 3.8) is 0 Å². The van der Waals surface area contributed by atoms with E-state index in [1.165, 1.54) is 18.1 Å². The Morgan fingerprint density at radius 1 is 1.50 bits per heavy atom. The van der Waals surface area contributed by atoms with Gasteiger partial charge in [0.2, 0.25) is 5.91 Å². The molecule has 1 aromatic rings. The molecule has 0 saturated carbocycles. The average Bonchev–Trinajstić information content (AvgIpc) is 2.10. The molecule has 0 aliphatic carbocycles. The van der Waals surface area contributed by atoms with E-state index in [0.717, 1.165) is 10.9 Å². The molecule has 1 amide bonds. The summed E-state index contributed by atoms with van der Waals surface area (Å²) in [5, 5.41) is 2.79. The van der Waals surface area contributed by atoms with Gasteiger partial charge >= 0.3 is 0 Å². The molecule has 3 heteroatoms. The van der Waals surface area contributed by atoms with Crippen LogP contribution >= 0.6 is 15.9 Å². The molecule has 0 spiro atoms. The van der Waals surface area contributed by atoms with Crippen LogP contribution in [0.5, 0.6) is 0 Å². The van der Waals surface area contributed by atoms with Crippen LogP contribution < -0.4 is 5.32 Å². The molecule has 0 fully saturated rings. The van der Waals surface area contributed by atoms with Crippen molar-refractivity contribution in [2.45, 2.75) is 20.3 Å². The van der Waals surface area contributed by atoms with Crippen molar-refractivity contribution in [3.05, 3.63) is 33.8 Å². The largest absolute Gasteiger partial charge is 0.356 e. The van der Waals surface area contributed by atoms with Gasteiger partial charge in [-0.15, -0.1) is 0 Å². The van der Waals surface area contributed by atoms with Crippen molar-refractivity contribution in [1.29, 1.82) is 0 Å². The average molecular weight is 256 g/mol. The van der Waals surface area contributed by atoms with Gasteiger partial charge in [0.25, 0.3) is 0 Å². The molecule has 1 N–H and O–H groups in total. The molecule has 0 saturated heterocycles. The second-order valence-electron chi connectivity index (χ2n) is 3.30. The molecular formula is C11H14BrNO. The molecule has 0 radical (unpaired) electrons. The third-order valence-electron chi connectivity index (χ3n) is 2.08. The fourth-order valence-corrected chi connectivity index (χ4v) is 1.69. The molecule has 0 unspecified atom stereocenters. The van der Waals surface area contributed by atoms with E-state index in [1.807, 2.05) is 6.07 Å². The monoisotopic (exact) mass is 255 g/mol. The first-order chi connectivity index (χ1) is 6.59. The molecule has 1 aromatic carbocycles. The van der Waals surface area contributed by atoms with Gasteiger partial charge in [0.15, 0.2) is 0 Å². The first-order valence-corrected chi connectivity index (χ1v) is 5.38. The maximum absolute atomic E-state index is 10.7. The number of amides is 1. The zero-order valence-corrected chi connectivity index (χ0v) is 10.0. The number of carbonyl (C=O) groups is 1. The van der Waals surface area contributed by atoms with Crippen molar-refractivity contribution in [1.82, 2.24) is 5.32 Å². The SMILES string of the molecule is CC(=O)NCCc1cc(Br)ccc1C. The van der Waals surface area contributed by atoms with E-state index in [-0.39, 0.29) is 5.91 Å². The Labute approximate surface area is 92.8 Å². The number of carbonyl (C=O) groups excluding carboxylic acids is 1. The third kappa shape index (κ3) is 3.50. The summed E-state index contributed by atoms with van der Waals surface area (Å²) in [5.41, 5.74) is 2.53. The van der Waals surface area contributed by atoms with Crippen molar-refractivity contribution < 1.29 is 4.79 Å². The van der Waals surface area contributed by atoms with Crippen LogP contribution in [0.25, 0.3) is 0 Å². The predicted molar refractivity (Wildman–Crippen MR) is 61.3 cm³/mol. The van der Waals surface area contributed by atoms with Gasteiger partial charge in [-0.2, -0.15) is 0 Å². The molecule has 2 nitrogen and oxygen atoms in total. The molecule has 0 bridgehead atoms. The summed E-state index contributed by atoms with van der Waals surface area (Å²) in [4.78, 5) is 10.7. The number of aryl methyl sites for hydroxylation is 1. The zero-order valence-electron chi connectivity index (χ0n) is 8.43. The Balaban J connectivity index is 2.57. The maximum atomic E-state index is 10.7. The van der Waals surface area contributed by atoms with Gasteiger partial charge in [0, 0.05) is 17.9 Å².